The van der Waals surface area contributed by atoms with Gasteiger partial charge in [0.25, 0.3) is 0 Å². The van der Waals surface area contributed by atoms with E-state index >= 15 is 0 Å². The molecule has 0 saturated heterocycles. The van der Waals surface area contributed by atoms with Crippen molar-refractivity contribution in [1.82, 2.24) is 0 Å². The molecule has 0 amide bonds. The summed E-state index contributed by atoms with van der Waals surface area (Å²) in [7, 11) is 0. The second-order valence-electron chi connectivity index (χ2n) is 5.77. The molecule has 0 atom stereocenters. The average Bonchev–Trinajstić information content (AvgIpc) is 2.25. The standard InChI is InChI=1S/2C9H11.In/c2*1-7-4-8(2)6-9(3)5-7;/h2*4-5H,1-3H3;. The van der Waals surface area contributed by atoms with Crippen LogP contribution in [0.1, 0.15) is 33.4 Å². The molecule has 0 spiro atoms. The zero-order valence-corrected chi connectivity index (χ0v) is 16.2. The molecule has 0 bridgehead atoms. The molecule has 0 N–H and O–H groups in total. The average molecular weight is 353 g/mol. The fraction of sp³-hybridized carbons (Fsp3) is 0.333. The Morgan fingerprint density at radius 3 is 1.05 bits per heavy atom. The van der Waals surface area contributed by atoms with Crippen molar-refractivity contribution in [3.8, 4) is 0 Å². The van der Waals surface area contributed by atoms with E-state index in [1.807, 2.05) is 0 Å². The second-order valence-corrected chi connectivity index (χ2v) is 9.89. The molecule has 0 aliphatic carbocycles. The summed E-state index contributed by atoms with van der Waals surface area (Å²) in [4.78, 5) is 0. The third-order valence-electron chi connectivity index (χ3n) is 3.76. The predicted molar refractivity (Wildman–Crippen MR) is 86.3 cm³/mol. The Hall–Kier alpha value is -0.690. The molecule has 1 radical (unpaired) electrons. The normalized spacial score (nSPS) is 10.6. The van der Waals surface area contributed by atoms with Gasteiger partial charge in [-0.15, -0.1) is 0 Å². The Bertz CT molecular complexity index is 522. The SMILES string of the molecule is Cc1cc(C)[c]([In][c]2c(C)cc(C)cc2C)c(C)c1. The van der Waals surface area contributed by atoms with Gasteiger partial charge in [-0.25, -0.2) is 0 Å². The molecule has 2 aromatic carbocycles. The van der Waals surface area contributed by atoms with Crippen molar-refractivity contribution < 1.29 is 0 Å². The molecule has 0 aliphatic heterocycles. The van der Waals surface area contributed by atoms with Crippen LogP contribution >= 0.6 is 0 Å². The maximum atomic E-state index is 2.34. The van der Waals surface area contributed by atoms with Gasteiger partial charge in [0.05, 0.1) is 0 Å². The first-order chi connectivity index (χ1) is 8.88. The van der Waals surface area contributed by atoms with E-state index in [2.05, 4.69) is 65.8 Å². The van der Waals surface area contributed by atoms with E-state index in [9.17, 15) is 0 Å². The van der Waals surface area contributed by atoms with Gasteiger partial charge in [0.1, 0.15) is 0 Å². The van der Waals surface area contributed by atoms with Crippen LogP contribution in [0.4, 0.5) is 0 Å². The van der Waals surface area contributed by atoms with Gasteiger partial charge in [-0.2, -0.15) is 0 Å². The first kappa shape index (κ1) is 14.7. The third kappa shape index (κ3) is 3.25. The molecule has 0 aromatic heterocycles. The van der Waals surface area contributed by atoms with Crippen molar-refractivity contribution in [1.29, 1.82) is 0 Å². The molecule has 97 valence electrons. The van der Waals surface area contributed by atoms with Crippen molar-refractivity contribution >= 4 is 29.5 Å². The molecule has 0 nitrogen and oxygen atoms in total. The van der Waals surface area contributed by atoms with E-state index in [-0.39, 0.29) is 0 Å². The molecule has 0 saturated carbocycles. The van der Waals surface area contributed by atoms with Gasteiger partial charge in [-0.1, -0.05) is 0 Å². The Morgan fingerprint density at radius 2 is 0.789 bits per heavy atom. The number of benzene rings is 2. The van der Waals surface area contributed by atoms with E-state index in [1.165, 1.54) is 33.4 Å². The number of rotatable bonds is 2. The first-order valence-corrected chi connectivity index (χ1v) is 10.2. The third-order valence-corrected chi connectivity index (χ3v) is 10.6. The van der Waals surface area contributed by atoms with Gasteiger partial charge in [0, 0.05) is 0 Å². The molecule has 19 heavy (non-hydrogen) atoms. The minimum atomic E-state index is -0.909. The van der Waals surface area contributed by atoms with Crippen molar-refractivity contribution in [2.75, 3.05) is 0 Å². The van der Waals surface area contributed by atoms with E-state index in [0.29, 0.717) is 0 Å². The van der Waals surface area contributed by atoms with E-state index < -0.39 is 22.9 Å². The minimum absolute atomic E-state index is 0.909. The molecule has 1 heteroatoms. The van der Waals surface area contributed by atoms with Crippen LogP contribution in [0.15, 0.2) is 24.3 Å². The van der Waals surface area contributed by atoms with Crippen LogP contribution in [0, 0.1) is 41.5 Å². The molecule has 0 heterocycles. The van der Waals surface area contributed by atoms with Gasteiger partial charge in [0.15, 0.2) is 0 Å². The topological polar surface area (TPSA) is 0 Å². The van der Waals surface area contributed by atoms with Gasteiger partial charge >= 0.3 is 129 Å². The van der Waals surface area contributed by atoms with Crippen LogP contribution in [0.2, 0.25) is 0 Å². The van der Waals surface area contributed by atoms with Crippen molar-refractivity contribution in [3.63, 3.8) is 0 Å². The fourth-order valence-corrected chi connectivity index (χ4v) is 7.36. The molecule has 0 fully saturated rings. The van der Waals surface area contributed by atoms with E-state index in [4.69, 9.17) is 0 Å². The van der Waals surface area contributed by atoms with Gasteiger partial charge in [-0.3, -0.25) is 0 Å². The summed E-state index contributed by atoms with van der Waals surface area (Å²) in [5.41, 5.74) is 8.77. The van der Waals surface area contributed by atoms with Crippen molar-refractivity contribution in [2.24, 2.45) is 0 Å². The summed E-state index contributed by atoms with van der Waals surface area (Å²) < 4.78 is 3.35. The zero-order chi connectivity index (χ0) is 14.2. The van der Waals surface area contributed by atoms with Crippen LogP contribution in [-0.4, -0.2) is 22.9 Å². The van der Waals surface area contributed by atoms with Crippen LogP contribution in [0.5, 0.6) is 0 Å². The van der Waals surface area contributed by atoms with Crippen LogP contribution < -0.4 is 6.64 Å². The van der Waals surface area contributed by atoms with E-state index in [1.54, 1.807) is 6.64 Å². The summed E-state index contributed by atoms with van der Waals surface area (Å²) in [5.74, 6) is 0. The number of aryl methyl sites for hydroxylation is 6. The molecule has 0 unspecified atom stereocenters. The molecule has 2 rings (SSSR count). The van der Waals surface area contributed by atoms with Crippen LogP contribution in [0.3, 0.4) is 0 Å². The second kappa shape index (κ2) is 5.75. The number of hydrogen-bond donors (Lipinski definition) is 0. The summed E-state index contributed by atoms with van der Waals surface area (Å²) in [5, 5.41) is 0. The quantitative estimate of drug-likeness (QED) is 0.778. The van der Waals surface area contributed by atoms with E-state index in [0.717, 1.165) is 0 Å². The summed E-state index contributed by atoms with van der Waals surface area (Å²) in [6.45, 7) is 13.5. The van der Waals surface area contributed by atoms with Crippen molar-refractivity contribution in [3.05, 3.63) is 57.6 Å². The molecule has 2 aromatic rings. The maximum absolute atomic E-state index is 2.34. The van der Waals surface area contributed by atoms with Gasteiger partial charge in [0.2, 0.25) is 0 Å². The molecular formula is C18H22In. The summed E-state index contributed by atoms with van der Waals surface area (Å²) in [6.07, 6.45) is 0. The Kier molecular flexibility index (Phi) is 4.45. The Balaban J connectivity index is 2.48. The Labute approximate surface area is 128 Å². The van der Waals surface area contributed by atoms with Gasteiger partial charge < -0.3 is 0 Å². The van der Waals surface area contributed by atoms with Crippen molar-refractivity contribution in [2.45, 2.75) is 41.5 Å². The molecule has 0 aliphatic rings. The summed E-state index contributed by atoms with van der Waals surface area (Å²) in [6, 6.07) is 9.36. The molecular weight excluding hydrogens is 331 g/mol. The van der Waals surface area contributed by atoms with Crippen LogP contribution in [-0.2, 0) is 0 Å². The van der Waals surface area contributed by atoms with Crippen LogP contribution in [0.25, 0.3) is 0 Å². The monoisotopic (exact) mass is 353 g/mol. The fourth-order valence-electron chi connectivity index (χ4n) is 2.98. The predicted octanol–water partition coefficient (Wildman–Crippen LogP) is 3.19. The zero-order valence-electron chi connectivity index (χ0n) is 12.9. The Morgan fingerprint density at radius 1 is 0.526 bits per heavy atom. The summed E-state index contributed by atoms with van der Waals surface area (Å²) >= 11 is -0.909. The van der Waals surface area contributed by atoms with Gasteiger partial charge in [-0.05, 0) is 0 Å². The number of hydrogen-bond acceptors (Lipinski definition) is 0. The first-order valence-electron chi connectivity index (χ1n) is 6.89.